The van der Waals surface area contributed by atoms with Gasteiger partial charge in [0.15, 0.2) is 0 Å². The Morgan fingerprint density at radius 3 is 2.81 bits per heavy atom. The summed E-state index contributed by atoms with van der Waals surface area (Å²) in [6.45, 7) is 2.27. The van der Waals surface area contributed by atoms with E-state index in [0.717, 1.165) is 43.7 Å². The van der Waals surface area contributed by atoms with Gasteiger partial charge in [0.2, 0.25) is 0 Å². The van der Waals surface area contributed by atoms with Crippen molar-refractivity contribution in [3.8, 4) is 5.75 Å². The number of halogens is 1. The molecule has 0 fully saturated rings. The number of ether oxygens (including phenoxy) is 2. The quantitative estimate of drug-likeness (QED) is 0.191. The SMILES string of the molecule is COC(=O)/C=C/c1ccc2c(c1)CCC2N(CCOc1ccccc1Cl)CCc1c[nH]c2ccccc12. The van der Waals surface area contributed by atoms with Crippen LogP contribution in [0, 0.1) is 0 Å². The maximum absolute atomic E-state index is 11.5. The Kier molecular flexibility index (Phi) is 7.93. The van der Waals surface area contributed by atoms with Crippen molar-refractivity contribution in [1.29, 1.82) is 0 Å². The molecule has 0 spiro atoms. The number of nitrogens with one attached hydrogen (secondary N) is 1. The monoisotopic (exact) mass is 514 g/mol. The number of esters is 1. The first-order valence-electron chi connectivity index (χ1n) is 12.7. The zero-order chi connectivity index (χ0) is 25.6. The zero-order valence-corrected chi connectivity index (χ0v) is 21.7. The normalized spacial score (nSPS) is 14.9. The minimum Gasteiger partial charge on any atom is -0.491 e. The Morgan fingerprint density at radius 1 is 1.11 bits per heavy atom. The van der Waals surface area contributed by atoms with Crippen molar-refractivity contribution in [2.75, 3.05) is 26.8 Å². The third kappa shape index (κ3) is 5.90. The maximum atomic E-state index is 11.5. The fourth-order valence-electron chi connectivity index (χ4n) is 5.19. The van der Waals surface area contributed by atoms with E-state index in [4.69, 9.17) is 21.1 Å². The highest BCUT2D eigenvalue weighted by Gasteiger charge is 2.28. The van der Waals surface area contributed by atoms with Gasteiger partial charge in [0.25, 0.3) is 0 Å². The number of fused-ring (bicyclic) bond motifs is 2. The molecule has 0 amide bonds. The fraction of sp³-hybridized carbons (Fsp3) is 0.258. The number of carbonyl (C=O) groups is 1. The van der Waals surface area contributed by atoms with Crippen molar-refractivity contribution in [2.45, 2.75) is 25.3 Å². The number of H-pyrrole nitrogens is 1. The molecule has 0 aliphatic heterocycles. The van der Waals surface area contributed by atoms with Gasteiger partial charge in [-0.25, -0.2) is 4.79 Å². The Morgan fingerprint density at radius 2 is 1.95 bits per heavy atom. The fourth-order valence-corrected chi connectivity index (χ4v) is 5.38. The van der Waals surface area contributed by atoms with Crippen LogP contribution in [0.5, 0.6) is 5.75 Å². The van der Waals surface area contributed by atoms with Gasteiger partial charge in [-0.05, 0) is 65.8 Å². The number of hydrogen-bond acceptors (Lipinski definition) is 4. The van der Waals surface area contributed by atoms with Crippen LogP contribution in [-0.4, -0.2) is 42.7 Å². The smallest absolute Gasteiger partial charge is 0.330 e. The van der Waals surface area contributed by atoms with E-state index >= 15 is 0 Å². The van der Waals surface area contributed by atoms with Crippen LogP contribution in [0.3, 0.4) is 0 Å². The highest BCUT2D eigenvalue weighted by atomic mass is 35.5. The molecule has 1 aliphatic rings. The summed E-state index contributed by atoms with van der Waals surface area (Å²) in [7, 11) is 1.39. The van der Waals surface area contributed by atoms with E-state index in [1.165, 1.54) is 40.8 Å². The number of methoxy groups -OCH3 is 1. The Balaban J connectivity index is 1.33. The first-order chi connectivity index (χ1) is 18.1. The first-order valence-corrected chi connectivity index (χ1v) is 13.1. The van der Waals surface area contributed by atoms with E-state index in [9.17, 15) is 4.79 Å². The first kappa shape index (κ1) is 25.1. The molecule has 6 heteroatoms. The number of carbonyl (C=O) groups excluding carboxylic acids is 1. The van der Waals surface area contributed by atoms with Crippen LogP contribution in [0.4, 0.5) is 0 Å². The average molecular weight is 515 g/mol. The summed E-state index contributed by atoms with van der Waals surface area (Å²) in [6, 6.07) is 22.8. The minimum atomic E-state index is -0.347. The van der Waals surface area contributed by atoms with Gasteiger partial charge in [0, 0.05) is 42.3 Å². The van der Waals surface area contributed by atoms with Crippen LogP contribution < -0.4 is 4.74 Å². The minimum absolute atomic E-state index is 0.314. The van der Waals surface area contributed by atoms with Crippen molar-refractivity contribution < 1.29 is 14.3 Å². The molecule has 190 valence electrons. The molecule has 3 aromatic carbocycles. The maximum Gasteiger partial charge on any atom is 0.330 e. The van der Waals surface area contributed by atoms with Crippen LogP contribution in [-0.2, 0) is 22.4 Å². The Hall–Kier alpha value is -3.54. The summed E-state index contributed by atoms with van der Waals surface area (Å²) < 4.78 is 10.8. The highest BCUT2D eigenvalue weighted by Crippen LogP contribution is 2.37. The molecule has 5 rings (SSSR count). The third-order valence-corrected chi connectivity index (χ3v) is 7.40. The summed E-state index contributed by atoms with van der Waals surface area (Å²) in [5.41, 5.74) is 6.20. The molecule has 1 aliphatic carbocycles. The van der Waals surface area contributed by atoms with Crippen molar-refractivity contribution in [1.82, 2.24) is 9.88 Å². The highest BCUT2D eigenvalue weighted by molar-refractivity contribution is 6.32. The second kappa shape index (κ2) is 11.7. The number of aryl methyl sites for hydroxylation is 1. The van der Waals surface area contributed by atoms with E-state index in [-0.39, 0.29) is 5.97 Å². The lowest BCUT2D eigenvalue weighted by atomic mass is 10.0. The second-order valence-electron chi connectivity index (χ2n) is 9.29. The molecule has 1 atom stereocenters. The summed E-state index contributed by atoms with van der Waals surface area (Å²) >= 11 is 6.31. The number of nitrogens with zero attached hydrogens (tertiary/aromatic N) is 1. The molecule has 4 aromatic rings. The van der Waals surface area contributed by atoms with Gasteiger partial charge < -0.3 is 14.5 Å². The van der Waals surface area contributed by atoms with Crippen LogP contribution in [0.2, 0.25) is 5.02 Å². The third-order valence-electron chi connectivity index (χ3n) is 7.08. The molecule has 1 heterocycles. The van der Waals surface area contributed by atoms with Crippen molar-refractivity contribution in [2.24, 2.45) is 0 Å². The summed E-state index contributed by atoms with van der Waals surface area (Å²) in [5.74, 6) is 0.370. The number of rotatable bonds is 10. The Labute approximate surface area is 222 Å². The second-order valence-corrected chi connectivity index (χ2v) is 9.70. The van der Waals surface area contributed by atoms with E-state index in [1.807, 2.05) is 30.3 Å². The number of benzene rings is 3. The summed E-state index contributed by atoms with van der Waals surface area (Å²) in [4.78, 5) is 17.4. The van der Waals surface area contributed by atoms with Crippen molar-refractivity contribution in [3.63, 3.8) is 0 Å². The molecular weight excluding hydrogens is 484 g/mol. The van der Waals surface area contributed by atoms with Gasteiger partial charge in [-0.1, -0.05) is 60.1 Å². The molecular formula is C31H31ClN2O3. The number of para-hydroxylation sites is 2. The summed E-state index contributed by atoms with van der Waals surface area (Å²) in [5, 5.41) is 1.91. The molecule has 0 bridgehead atoms. The lowest BCUT2D eigenvalue weighted by Gasteiger charge is -2.30. The van der Waals surface area contributed by atoms with Gasteiger partial charge in [-0.2, -0.15) is 0 Å². The van der Waals surface area contributed by atoms with E-state index in [2.05, 4.69) is 58.5 Å². The van der Waals surface area contributed by atoms with Gasteiger partial charge in [0.1, 0.15) is 12.4 Å². The number of aromatic amines is 1. The van der Waals surface area contributed by atoms with E-state index in [0.29, 0.717) is 17.7 Å². The van der Waals surface area contributed by atoms with Gasteiger partial charge in [-0.3, -0.25) is 4.90 Å². The molecule has 1 N–H and O–H groups in total. The predicted molar refractivity (Wildman–Crippen MR) is 149 cm³/mol. The van der Waals surface area contributed by atoms with Crippen LogP contribution in [0.15, 0.2) is 79.0 Å². The molecule has 0 radical (unpaired) electrons. The molecule has 37 heavy (non-hydrogen) atoms. The van der Waals surface area contributed by atoms with Crippen molar-refractivity contribution >= 4 is 34.5 Å². The zero-order valence-electron chi connectivity index (χ0n) is 21.0. The van der Waals surface area contributed by atoms with Gasteiger partial charge in [0.05, 0.1) is 12.1 Å². The molecule has 1 unspecified atom stereocenters. The molecule has 1 aromatic heterocycles. The van der Waals surface area contributed by atoms with E-state index < -0.39 is 0 Å². The van der Waals surface area contributed by atoms with Crippen LogP contribution in [0.25, 0.3) is 17.0 Å². The molecule has 0 saturated carbocycles. The predicted octanol–water partition coefficient (Wildman–Crippen LogP) is 6.62. The number of aromatic nitrogens is 1. The van der Waals surface area contributed by atoms with Crippen LogP contribution in [0.1, 0.15) is 34.7 Å². The lowest BCUT2D eigenvalue weighted by molar-refractivity contribution is -0.134. The van der Waals surface area contributed by atoms with Crippen molar-refractivity contribution in [3.05, 3.63) is 106 Å². The van der Waals surface area contributed by atoms with Gasteiger partial charge in [-0.15, -0.1) is 0 Å². The molecule has 0 saturated heterocycles. The van der Waals surface area contributed by atoms with E-state index in [1.54, 1.807) is 0 Å². The summed E-state index contributed by atoms with van der Waals surface area (Å²) in [6.07, 6.45) is 8.42. The average Bonchev–Trinajstić information content (AvgIpc) is 3.54. The Bertz CT molecular complexity index is 1410. The van der Waals surface area contributed by atoms with Gasteiger partial charge >= 0.3 is 5.97 Å². The topological polar surface area (TPSA) is 54.6 Å². The lowest BCUT2D eigenvalue weighted by Crippen LogP contribution is -2.33. The molecule has 5 nitrogen and oxygen atoms in total. The number of hydrogen-bond donors (Lipinski definition) is 1. The standard InChI is InChI=1S/C31H31ClN2O3/c1-36-31(35)15-11-22-10-13-26-23(20-22)12-14-29(26)34(18-19-37-30-9-5-3-7-27(30)32)17-16-24-21-33-28-8-4-2-6-25(24)28/h2-11,13,15,20-21,29,33H,12,14,16-19H2,1H3/b15-11+. The van der Waals surface area contributed by atoms with Crippen LogP contribution >= 0.6 is 11.6 Å². The largest absolute Gasteiger partial charge is 0.491 e.